The van der Waals surface area contributed by atoms with Crippen molar-refractivity contribution in [3.63, 3.8) is 0 Å². The summed E-state index contributed by atoms with van der Waals surface area (Å²) in [5.74, 6) is -0.0920. The molecule has 3 rings (SSSR count). The van der Waals surface area contributed by atoms with Crippen molar-refractivity contribution in [2.24, 2.45) is 0 Å². The maximum Gasteiger partial charge on any atom is 0.562 e. The Morgan fingerprint density at radius 2 is 2.00 bits per heavy atom. The number of nitrogens with zero attached hydrogens (tertiary/aromatic N) is 2. The molecule has 11 heteroatoms. The minimum Gasteiger partial charge on any atom is -0.508 e. The lowest BCUT2D eigenvalue weighted by atomic mass is 9.74. The number of anilines is 1. The van der Waals surface area contributed by atoms with E-state index in [4.69, 9.17) is 10.5 Å². The van der Waals surface area contributed by atoms with Crippen molar-refractivity contribution in [2.45, 2.75) is 6.18 Å². The third-order valence-electron chi connectivity index (χ3n) is 4.11. The fourth-order valence-corrected chi connectivity index (χ4v) is 2.82. The largest absolute Gasteiger partial charge is 0.562 e. The fourth-order valence-electron chi connectivity index (χ4n) is 2.82. The molecule has 0 bridgehead atoms. The Hall–Kier alpha value is -3.34. The van der Waals surface area contributed by atoms with Gasteiger partial charge >= 0.3 is 13.3 Å². The van der Waals surface area contributed by atoms with E-state index in [1.807, 2.05) is 0 Å². The van der Waals surface area contributed by atoms with Gasteiger partial charge in [-0.15, -0.1) is 0 Å². The predicted octanol–water partition coefficient (Wildman–Crippen LogP) is 1.77. The maximum absolute atomic E-state index is 13.4. The van der Waals surface area contributed by atoms with Crippen molar-refractivity contribution in [3.05, 3.63) is 42.1 Å². The van der Waals surface area contributed by atoms with Crippen LogP contribution in [0.15, 0.2) is 36.5 Å². The Balaban J connectivity index is 2.25. The van der Waals surface area contributed by atoms with Crippen LogP contribution in [0, 0.1) is 0 Å². The van der Waals surface area contributed by atoms with E-state index in [1.54, 1.807) is 18.2 Å². The van der Waals surface area contributed by atoms with Crippen LogP contribution in [0.4, 0.5) is 18.9 Å². The van der Waals surface area contributed by atoms with E-state index in [-0.39, 0.29) is 17.8 Å². The van der Waals surface area contributed by atoms with Crippen molar-refractivity contribution in [3.8, 4) is 16.9 Å². The van der Waals surface area contributed by atoms with Crippen LogP contribution < -0.4 is 15.9 Å². The average molecular weight is 391 g/mol. The van der Waals surface area contributed by atoms with Crippen molar-refractivity contribution in [1.29, 1.82) is 0 Å². The second kappa shape index (κ2) is 7.35. The molecule has 2 aromatic carbocycles. The van der Waals surface area contributed by atoms with E-state index < -0.39 is 24.3 Å². The molecular weight excluding hydrogens is 378 g/mol. The van der Waals surface area contributed by atoms with Crippen LogP contribution in [0.3, 0.4) is 0 Å². The molecule has 0 amide bonds. The highest BCUT2D eigenvalue weighted by molar-refractivity contribution is 6.61. The first-order valence-corrected chi connectivity index (χ1v) is 7.84. The number of benzene rings is 2. The predicted molar refractivity (Wildman–Crippen MR) is 95.7 cm³/mol. The zero-order chi connectivity index (χ0) is 20.5. The van der Waals surface area contributed by atoms with Crippen LogP contribution >= 0.6 is 0 Å². The van der Waals surface area contributed by atoms with E-state index in [0.717, 1.165) is 12.1 Å². The molecule has 0 fully saturated rings. The highest BCUT2D eigenvalue weighted by Crippen LogP contribution is 2.37. The fraction of sp³-hybridized carbons (Fsp3) is 0.118. The zero-order valence-electron chi connectivity index (χ0n) is 14.4. The quantitative estimate of drug-likeness (QED) is 0.504. The molecule has 0 aliphatic rings. The highest BCUT2D eigenvalue weighted by atomic mass is 19.4. The van der Waals surface area contributed by atoms with Crippen LogP contribution in [0.2, 0.25) is 0 Å². The summed E-state index contributed by atoms with van der Waals surface area (Å²) in [7, 11) is -0.884. The van der Waals surface area contributed by atoms with Gasteiger partial charge in [-0.1, -0.05) is 6.07 Å². The summed E-state index contributed by atoms with van der Waals surface area (Å²) in [4.78, 5) is 10.5. The zero-order valence-corrected chi connectivity index (χ0v) is 14.4. The summed E-state index contributed by atoms with van der Waals surface area (Å²) in [5.41, 5.74) is 5.50. The molecule has 0 spiro atoms. The van der Waals surface area contributed by atoms with Crippen molar-refractivity contribution in [1.82, 2.24) is 10.2 Å². The van der Waals surface area contributed by atoms with Gasteiger partial charge in [-0.3, -0.25) is 4.79 Å². The minimum atomic E-state index is -4.81. The Morgan fingerprint density at radius 1 is 1.25 bits per heavy atom. The summed E-state index contributed by atoms with van der Waals surface area (Å²) in [5, 5.41) is 18.2. The second-order valence-electron chi connectivity index (χ2n) is 5.75. The third-order valence-corrected chi connectivity index (χ3v) is 4.11. The van der Waals surface area contributed by atoms with Crippen molar-refractivity contribution < 1.29 is 32.4 Å². The lowest BCUT2D eigenvalue weighted by molar-refractivity contribution is -0.137. The van der Waals surface area contributed by atoms with Gasteiger partial charge in [-0.2, -0.15) is 23.4 Å². The molecule has 0 saturated carbocycles. The van der Waals surface area contributed by atoms with Gasteiger partial charge < -0.3 is 20.1 Å². The number of halogens is 3. The number of ether oxygens (including phenoxy) is 1. The number of nitrogens with two attached hydrogens (primary N) is 1. The number of hydrogen-bond acceptors (Lipinski definition) is 7. The number of nitrogen functional groups attached to an aromatic ring is 1. The molecule has 7 nitrogen and oxygen atoms in total. The lowest BCUT2D eigenvalue weighted by Crippen LogP contribution is -2.38. The Bertz CT molecular complexity index is 1050. The highest BCUT2D eigenvalue weighted by Gasteiger charge is 2.39. The first kappa shape index (κ1) is 19.4. The number of carbonyl (C=O) groups is 1. The average Bonchev–Trinajstić information content (AvgIpc) is 2.66. The monoisotopic (exact) mass is 391 g/mol. The van der Waals surface area contributed by atoms with Crippen molar-refractivity contribution in [2.75, 3.05) is 12.8 Å². The second-order valence-corrected chi connectivity index (χ2v) is 5.75. The van der Waals surface area contributed by atoms with E-state index in [1.165, 1.54) is 13.3 Å². The molecule has 0 saturated heterocycles. The Kier molecular flexibility index (Phi) is 5.10. The van der Waals surface area contributed by atoms with E-state index in [2.05, 4.69) is 14.9 Å². The van der Waals surface area contributed by atoms with Gasteiger partial charge in [0.15, 0.2) is 0 Å². The normalized spacial score (nSPS) is 11.3. The summed E-state index contributed by atoms with van der Waals surface area (Å²) in [6, 6.07) is 6.61. The lowest BCUT2D eigenvalue weighted by Gasteiger charge is -2.18. The molecule has 1 aromatic heterocycles. The molecule has 144 valence electrons. The number of carbonyl (C=O) groups excluding carboxylic acids is 1. The van der Waals surface area contributed by atoms with Crippen LogP contribution in [0.25, 0.3) is 22.0 Å². The number of rotatable bonds is 5. The van der Waals surface area contributed by atoms with Gasteiger partial charge in [0.2, 0.25) is 0 Å². The van der Waals surface area contributed by atoms with Gasteiger partial charge in [0.25, 0.3) is 6.47 Å². The minimum absolute atomic E-state index is 0.0920. The van der Waals surface area contributed by atoms with Gasteiger partial charge in [0.05, 0.1) is 30.1 Å². The smallest absolute Gasteiger partial charge is 0.508 e. The molecule has 0 aliphatic carbocycles. The first-order valence-electron chi connectivity index (χ1n) is 7.84. The summed E-state index contributed by atoms with van der Waals surface area (Å²) >= 11 is 0. The third kappa shape index (κ3) is 3.56. The molecule has 0 atom stereocenters. The molecule has 1 heterocycles. The Labute approximate surface area is 157 Å². The van der Waals surface area contributed by atoms with Gasteiger partial charge in [-0.25, -0.2) is 0 Å². The number of methoxy groups -OCH3 is 1. The van der Waals surface area contributed by atoms with Crippen LogP contribution in [0.5, 0.6) is 5.75 Å². The molecule has 3 aromatic rings. The van der Waals surface area contributed by atoms with Crippen LogP contribution in [-0.4, -0.2) is 35.9 Å². The Morgan fingerprint density at radius 3 is 2.64 bits per heavy atom. The summed E-state index contributed by atoms with van der Waals surface area (Å²) in [6.07, 6.45) is -3.43. The summed E-state index contributed by atoms with van der Waals surface area (Å²) < 4.78 is 49.7. The number of alkyl halides is 3. The summed E-state index contributed by atoms with van der Waals surface area (Å²) in [6.45, 7) is -0.136. The van der Waals surface area contributed by atoms with Crippen molar-refractivity contribution >= 4 is 35.6 Å². The molecule has 3 N–H and O–H groups in total. The number of hydrogen-bond donors (Lipinski definition) is 2. The maximum atomic E-state index is 13.4. The van der Waals surface area contributed by atoms with E-state index in [0.29, 0.717) is 22.2 Å². The first-order chi connectivity index (χ1) is 13.3. The van der Waals surface area contributed by atoms with Gasteiger partial charge in [0, 0.05) is 16.4 Å². The van der Waals surface area contributed by atoms with E-state index >= 15 is 0 Å². The van der Waals surface area contributed by atoms with Crippen LogP contribution in [0.1, 0.15) is 5.56 Å². The standard InChI is InChI=1S/C17H13BF3N3O4/c1-27-16-6-12(17(19,20)21)13(18(26)28-8-25)5-11(16)9-2-3-10-14(22)7-23-24-15(10)4-9/h2-8,26H,1H3,(H2,22,24). The van der Waals surface area contributed by atoms with Gasteiger partial charge in [0.1, 0.15) is 5.75 Å². The van der Waals surface area contributed by atoms with E-state index in [9.17, 15) is 23.0 Å². The molecule has 0 unspecified atom stereocenters. The molecule has 0 aliphatic heterocycles. The molecule has 28 heavy (non-hydrogen) atoms. The van der Waals surface area contributed by atoms with Gasteiger partial charge in [-0.05, 0) is 29.8 Å². The topological polar surface area (TPSA) is 108 Å². The molecule has 0 radical (unpaired) electrons. The van der Waals surface area contributed by atoms with Crippen LogP contribution in [-0.2, 0) is 15.6 Å². The molecular formula is C17H13BF3N3O4. The number of aromatic nitrogens is 2. The number of fused-ring (bicyclic) bond motifs is 1. The SMILES string of the molecule is COc1cc(C(F)(F)F)c(B(O)OC=O)cc1-c1ccc2c(N)cnnc2c1.